The van der Waals surface area contributed by atoms with E-state index in [9.17, 15) is 9.59 Å². The lowest BCUT2D eigenvalue weighted by Crippen LogP contribution is -2.27. The molecule has 32 heavy (non-hydrogen) atoms. The van der Waals surface area contributed by atoms with Crippen molar-refractivity contribution >= 4 is 92.1 Å². The van der Waals surface area contributed by atoms with Gasteiger partial charge in [0.15, 0.2) is 0 Å². The van der Waals surface area contributed by atoms with Crippen LogP contribution in [0.5, 0.6) is 5.75 Å². The minimum Gasteiger partial charge on any atom is -0.488 e. The molecule has 0 aromatic heterocycles. The van der Waals surface area contributed by atoms with Crippen LogP contribution in [0.15, 0.2) is 65.6 Å². The third-order valence-corrected chi connectivity index (χ3v) is 7.16. The molecular formula is C23H13Cl3INO3S. The summed E-state index contributed by atoms with van der Waals surface area (Å²) in [5.41, 5.74) is 1.97. The van der Waals surface area contributed by atoms with Crippen molar-refractivity contribution in [2.75, 3.05) is 4.90 Å². The van der Waals surface area contributed by atoms with Crippen molar-refractivity contribution in [3.8, 4) is 5.75 Å². The van der Waals surface area contributed by atoms with Crippen LogP contribution in [0.1, 0.15) is 11.1 Å². The largest absolute Gasteiger partial charge is 0.488 e. The smallest absolute Gasteiger partial charge is 0.298 e. The number of hydrogen-bond acceptors (Lipinski definition) is 4. The van der Waals surface area contributed by atoms with Gasteiger partial charge in [-0.15, -0.1) is 0 Å². The number of para-hydroxylation sites is 1. The highest BCUT2D eigenvalue weighted by molar-refractivity contribution is 14.1. The molecule has 4 nitrogen and oxygen atoms in total. The number of thioether (sulfide) groups is 1. The number of amides is 2. The van der Waals surface area contributed by atoms with Gasteiger partial charge < -0.3 is 4.74 Å². The molecule has 0 atom stereocenters. The highest BCUT2D eigenvalue weighted by atomic mass is 127. The maximum Gasteiger partial charge on any atom is 0.298 e. The molecule has 2 amide bonds. The molecule has 162 valence electrons. The molecular weight excluding hydrogens is 604 g/mol. The summed E-state index contributed by atoms with van der Waals surface area (Å²) in [5.74, 6) is 0.277. The fourth-order valence-electron chi connectivity index (χ4n) is 2.98. The van der Waals surface area contributed by atoms with E-state index < -0.39 is 5.91 Å². The molecule has 4 rings (SSSR count). The van der Waals surface area contributed by atoms with Crippen LogP contribution in [-0.4, -0.2) is 11.1 Å². The molecule has 0 radical (unpaired) electrons. The maximum atomic E-state index is 12.8. The fourth-order valence-corrected chi connectivity index (χ4v) is 5.19. The molecule has 0 bridgehead atoms. The second-order valence-electron chi connectivity index (χ2n) is 6.68. The topological polar surface area (TPSA) is 46.6 Å². The molecule has 0 N–H and O–H groups in total. The SMILES string of the molecule is O=C1S/C(=C\c2ccc(OCc3ccc(Cl)cc3Cl)c(I)c2)C(=O)N1c1ccccc1Cl. The molecule has 1 aliphatic heterocycles. The second kappa shape index (κ2) is 10.1. The monoisotopic (exact) mass is 615 g/mol. The van der Waals surface area contributed by atoms with Gasteiger partial charge in [0.05, 0.1) is 19.2 Å². The van der Waals surface area contributed by atoms with E-state index in [-0.39, 0.29) is 5.24 Å². The van der Waals surface area contributed by atoms with Crippen LogP contribution in [0.4, 0.5) is 10.5 Å². The van der Waals surface area contributed by atoms with Crippen molar-refractivity contribution in [3.05, 3.63) is 95.3 Å². The van der Waals surface area contributed by atoms with E-state index in [1.807, 2.05) is 24.3 Å². The van der Waals surface area contributed by atoms with Gasteiger partial charge in [-0.3, -0.25) is 9.59 Å². The zero-order valence-corrected chi connectivity index (χ0v) is 21.4. The zero-order chi connectivity index (χ0) is 22.8. The average molecular weight is 617 g/mol. The number of imide groups is 1. The maximum absolute atomic E-state index is 12.8. The normalized spacial score (nSPS) is 15.0. The van der Waals surface area contributed by atoms with Gasteiger partial charge >= 0.3 is 0 Å². The number of carbonyl (C=O) groups excluding carboxylic acids is 2. The minimum absolute atomic E-state index is 0.294. The van der Waals surface area contributed by atoms with Crippen molar-refractivity contribution < 1.29 is 14.3 Å². The van der Waals surface area contributed by atoms with Crippen LogP contribution in [-0.2, 0) is 11.4 Å². The molecule has 9 heteroatoms. The third-order valence-electron chi connectivity index (χ3n) is 4.54. The fraction of sp³-hybridized carbons (Fsp3) is 0.0435. The first kappa shape index (κ1) is 23.4. The number of halogens is 4. The van der Waals surface area contributed by atoms with Crippen molar-refractivity contribution in [1.29, 1.82) is 0 Å². The summed E-state index contributed by atoms with van der Waals surface area (Å²) < 4.78 is 6.74. The molecule has 0 saturated carbocycles. The van der Waals surface area contributed by atoms with Crippen molar-refractivity contribution in [2.45, 2.75) is 6.61 Å². The molecule has 3 aromatic rings. The van der Waals surface area contributed by atoms with E-state index >= 15 is 0 Å². The van der Waals surface area contributed by atoms with Gasteiger partial charge in [-0.25, -0.2) is 4.90 Å². The van der Waals surface area contributed by atoms with Crippen LogP contribution in [0.2, 0.25) is 15.1 Å². The van der Waals surface area contributed by atoms with Gasteiger partial charge in [0, 0.05) is 15.6 Å². The number of benzene rings is 3. The number of rotatable bonds is 5. The van der Waals surface area contributed by atoms with Gasteiger partial charge in [-0.1, -0.05) is 59.1 Å². The first-order valence-electron chi connectivity index (χ1n) is 9.22. The Morgan fingerprint density at radius 1 is 0.969 bits per heavy atom. The lowest BCUT2D eigenvalue weighted by atomic mass is 10.2. The molecule has 1 fully saturated rings. The summed E-state index contributed by atoms with van der Waals surface area (Å²) in [4.78, 5) is 26.7. The summed E-state index contributed by atoms with van der Waals surface area (Å²) in [5, 5.41) is 1.06. The first-order chi connectivity index (χ1) is 15.3. The van der Waals surface area contributed by atoms with Gasteiger partial charge in [0.1, 0.15) is 12.4 Å². The number of hydrogen-bond donors (Lipinski definition) is 0. The van der Waals surface area contributed by atoms with Gasteiger partial charge in [0.2, 0.25) is 0 Å². The summed E-state index contributed by atoms with van der Waals surface area (Å²) >= 11 is 21.3. The Balaban J connectivity index is 1.51. The number of ether oxygens (including phenoxy) is 1. The lowest BCUT2D eigenvalue weighted by molar-refractivity contribution is -0.113. The Morgan fingerprint density at radius 2 is 1.75 bits per heavy atom. The molecule has 0 unspecified atom stereocenters. The van der Waals surface area contributed by atoms with Crippen LogP contribution >= 0.6 is 69.2 Å². The molecule has 1 heterocycles. The predicted octanol–water partition coefficient (Wildman–Crippen LogP) is 8.07. The Labute approximate surface area is 217 Å². The molecule has 3 aromatic carbocycles. The molecule has 0 spiro atoms. The lowest BCUT2D eigenvalue weighted by Gasteiger charge is -2.13. The van der Waals surface area contributed by atoms with Gasteiger partial charge in [-0.2, -0.15) is 0 Å². The van der Waals surface area contributed by atoms with Crippen LogP contribution in [0, 0.1) is 3.57 Å². The highest BCUT2D eigenvalue weighted by Crippen LogP contribution is 2.38. The Bertz CT molecular complexity index is 1260. The average Bonchev–Trinajstić information content (AvgIpc) is 3.02. The highest BCUT2D eigenvalue weighted by Gasteiger charge is 2.37. The summed E-state index contributed by atoms with van der Waals surface area (Å²) in [6.07, 6.45) is 1.68. The van der Waals surface area contributed by atoms with E-state index in [1.165, 1.54) is 0 Å². The van der Waals surface area contributed by atoms with E-state index in [2.05, 4.69) is 22.6 Å². The van der Waals surface area contributed by atoms with Crippen LogP contribution in [0.3, 0.4) is 0 Å². The van der Waals surface area contributed by atoms with Crippen molar-refractivity contribution in [1.82, 2.24) is 0 Å². The number of anilines is 1. The third kappa shape index (κ3) is 5.10. The quantitative estimate of drug-likeness (QED) is 0.215. The number of nitrogens with zero attached hydrogens (tertiary/aromatic N) is 1. The molecule has 1 saturated heterocycles. The van der Waals surface area contributed by atoms with E-state index in [0.717, 1.165) is 31.4 Å². The van der Waals surface area contributed by atoms with E-state index in [4.69, 9.17) is 39.5 Å². The van der Waals surface area contributed by atoms with E-state index in [0.29, 0.717) is 38.0 Å². The van der Waals surface area contributed by atoms with Crippen LogP contribution in [0.25, 0.3) is 6.08 Å². The Hall–Kier alpha value is -1.71. The summed E-state index contributed by atoms with van der Waals surface area (Å²) in [6.45, 7) is 0.294. The minimum atomic E-state index is -0.402. The molecule has 1 aliphatic rings. The van der Waals surface area contributed by atoms with Gasteiger partial charge in [-0.05, 0) is 82.4 Å². The summed E-state index contributed by atoms with van der Waals surface area (Å²) in [7, 11) is 0. The van der Waals surface area contributed by atoms with Crippen molar-refractivity contribution in [2.24, 2.45) is 0 Å². The predicted molar refractivity (Wildman–Crippen MR) is 140 cm³/mol. The summed E-state index contributed by atoms with van der Waals surface area (Å²) in [6, 6.07) is 17.5. The van der Waals surface area contributed by atoms with Crippen LogP contribution < -0.4 is 9.64 Å². The zero-order valence-electron chi connectivity index (χ0n) is 16.2. The van der Waals surface area contributed by atoms with Crippen molar-refractivity contribution in [3.63, 3.8) is 0 Å². The Morgan fingerprint density at radius 3 is 2.47 bits per heavy atom. The first-order valence-corrected chi connectivity index (χ1v) is 12.2. The second-order valence-corrected chi connectivity index (χ2v) is 10.1. The Kier molecular flexibility index (Phi) is 7.37. The van der Waals surface area contributed by atoms with Gasteiger partial charge in [0.25, 0.3) is 11.1 Å². The molecule has 0 aliphatic carbocycles. The standard InChI is InChI=1S/C23H13Cl3INO3S/c24-15-7-6-14(17(26)11-15)12-31-20-8-5-13(9-18(20)27)10-21-22(29)28(23(30)32-21)19-4-2-1-3-16(19)25/h1-11H,12H2/b21-10-. The number of carbonyl (C=O) groups is 2. The van der Waals surface area contributed by atoms with E-state index in [1.54, 1.807) is 42.5 Å².